The van der Waals surface area contributed by atoms with Gasteiger partial charge in [-0.05, 0) is 56.3 Å². The Bertz CT molecular complexity index is 1650. The zero-order chi connectivity index (χ0) is 29.0. The van der Waals surface area contributed by atoms with Gasteiger partial charge in [0.15, 0.2) is 9.84 Å². The van der Waals surface area contributed by atoms with Crippen LogP contribution < -0.4 is 10.2 Å². The van der Waals surface area contributed by atoms with E-state index in [0.717, 1.165) is 35.7 Å². The maximum absolute atomic E-state index is 12.8. The maximum atomic E-state index is 12.8. The molecule has 1 amide bonds. The van der Waals surface area contributed by atoms with Gasteiger partial charge in [-0.15, -0.1) is 0 Å². The first-order valence-electron chi connectivity index (χ1n) is 13.3. The Kier molecular flexibility index (Phi) is 8.52. The van der Waals surface area contributed by atoms with Crippen LogP contribution in [0.25, 0.3) is 22.3 Å². The smallest absolute Gasteiger partial charge is 0.270 e. The SMILES string of the molecule is COCCS(=O)(=O)c1ccnc(C(=O)NCc2cc3nc(-c4cccc(N5C[C@@H](C)O[C@@H](C)C5)n4)ccc3cn2)c1. The van der Waals surface area contributed by atoms with Gasteiger partial charge in [-0.2, -0.15) is 0 Å². The Hall–Kier alpha value is -4.00. The number of carbonyl (C=O) groups excluding carboxylic acids is 1. The van der Waals surface area contributed by atoms with Crippen LogP contribution in [-0.4, -0.2) is 79.0 Å². The second-order valence-electron chi connectivity index (χ2n) is 9.98. The minimum Gasteiger partial charge on any atom is -0.384 e. The number of nitrogens with one attached hydrogen (secondary N) is 1. The molecule has 4 aromatic rings. The molecule has 1 aliphatic rings. The number of sulfone groups is 1. The highest BCUT2D eigenvalue weighted by molar-refractivity contribution is 7.91. The molecule has 11 nitrogen and oxygen atoms in total. The summed E-state index contributed by atoms with van der Waals surface area (Å²) in [7, 11) is -2.16. The molecule has 0 aromatic carbocycles. The maximum Gasteiger partial charge on any atom is 0.270 e. The van der Waals surface area contributed by atoms with E-state index in [4.69, 9.17) is 19.4 Å². The van der Waals surface area contributed by atoms with Crippen molar-refractivity contribution in [1.82, 2.24) is 25.3 Å². The highest BCUT2D eigenvalue weighted by Crippen LogP contribution is 2.24. The number of rotatable bonds is 9. The molecule has 0 radical (unpaired) electrons. The van der Waals surface area contributed by atoms with Gasteiger partial charge in [0.1, 0.15) is 11.5 Å². The van der Waals surface area contributed by atoms with Crippen molar-refractivity contribution in [3.05, 3.63) is 72.3 Å². The summed E-state index contributed by atoms with van der Waals surface area (Å²) in [5.41, 5.74) is 2.80. The number of pyridine rings is 4. The van der Waals surface area contributed by atoms with Gasteiger partial charge in [0.05, 0.1) is 58.6 Å². The number of hydrogen-bond acceptors (Lipinski definition) is 10. The van der Waals surface area contributed by atoms with E-state index in [1.807, 2.05) is 36.4 Å². The summed E-state index contributed by atoms with van der Waals surface area (Å²) in [5.74, 6) is 0.189. The van der Waals surface area contributed by atoms with Gasteiger partial charge in [-0.25, -0.2) is 18.4 Å². The molecule has 1 fully saturated rings. The van der Waals surface area contributed by atoms with Crippen LogP contribution in [0.1, 0.15) is 30.0 Å². The van der Waals surface area contributed by atoms with Crippen molar-refractivity contribution in [2.75, 3.05) is 37.5 Å². The molecule has 0 spiro atoms. The fraction of sp³-hybridized carbons (Fsp3) is 0.345. The number of amides is 1. The number of methoxy groups -OCH3 is 1. The number of morpholine rings is 1. The fourth-order valence-corrected chi connectivity index (χ4v) is 5.89. The summed E-state index contributed by atoms with van der Waals surface area (Å²) >= 11 is 0. The van der Waals surface area contributed by atoms with E-state index in [0.29, 0.717) is 11.2 Å². The highest BCUT2D eigenvalue weighted by Gasteiger charge is 2.23. The summed E-state index contributed by atoms with van der Waals surface area (Å²) in [6.07, 6.45) is 3.26. The van der Waals surface area contributed by atoms with Gasteiger partial charge in [-0.1, -0.05) is 6.07 Å². The Labute approximate surface area is 238 Å². The molecular formula is C29H32N6O5S. The van der Waals surface area contributed by atoms with Gasteiger partial charge < -0.3 is 19.7 Å². The lowest BCUT2D eigenvalue weighted by Gasteiger charge is -2.36. The average molecular weight is 577 g/mol. The number of hydrogen-bond donors (Lipinski definition) is 1. The summed E-state index contributed by atoms with van der Waals surface area (Å²) in [6.45, 7) is 5.85. The second kappa shape index (κ2) is 12.2. The molecule has 214 valence electrons. The van der Waals surface area contributed by atoms with Crippen molar-refractivity contribution in [2.24, 2.45) is 0 Å². The van der Waals surface area contributed by atoms with E-state index in [9.17, 15) is 13.2 Å². The van der Waals surface area contributed by atoms with Crippen molar-refractivity contribution in [3.63, 3.8) is 0 Å². The molecule has 0 unspecified atom stereocenters. The van der Waals surface area contributed by atoms with Crippen LogP contribution in [0.2, 0.25) is 0 Å². The van der Waals surface area contributed by atoms with Crippen molar-refractivity contribution < 1.29 is 22.7 Å². The van der Waals surface area contributed by atoms with Gasteiger partial charge in [-0.3, -0.25) is 14.8 Å². The van der Waals surface area contributed by atoms with Gasteiger partial charge in [0.2, 0.25) is 0 Å². The fourth-order valence-electron chi connectivity index (χ4n) is 4.71. The predicted octanol–water partition coefficient (Wildman–Crippen LogP) is 3.05. The van der Waals surface area contributed by atoms with Gasteiger partial charge in [0, 0.05) is 38.0 Å². The molecule has 0 bridgehead atoms. The standard InChI is InChI=1S/C29H32N6O5S/c1-19-17-35(18-20(2)40-19)28-6-4-5-24(34-28)25-8-7-21-15-31-22(13-26(21)33-25)16-32-29(36)27-14-23(9-10-30-27)41(37,38)12-11-39-3/h4-10,13-15,19-20H,11-12,16-18H2,1-3H3,(H,32,36)/t19-,20+. The molecular weight excluding hydrogens is 544 g/mol. The van der Waals surface area contributed by atoms with Crippen molar-refractivity contribution in [3.8, 4) is 11.4 Å². The topological polar surface area (TPSA) is 136 Å². The first-order valence-corrected chi connectivity index (χ1v) is 15.0. The van der Waals surface area contributed by atoms with Crippen LogP contribution >= 0.6 is 0 Å². The van der Waals surface area contributed by atoms with Crippen LogP contribution in [0.5, 0.6) is 0 Å². The average Bonchev–Trinajstić information content (AvgIpc) is 2.98. The number of ether oxygens (including phenoxy) is 2. The molecule has 41 heavy (non-hydrogen) atoms. The van der Waals surface area contributed by atoms with Crippen molar-refractivity contribution >= 4 is 32.5 Å². The number of anilines is 1. The number of nitrogens with zero attached hydrogens (tertiary/aromatic N) is 5. The third kappa shape index (κ3) is 6.84. The molecule has 1 aliphatic heterocycles. The Morgan fingerprint density at radius 2 is 1.83 bits per heavy atom. The monoisotopic (exact) mass is 576 g/mol. The second-order valence-corrected chi connectivity index (χ2v) is 12.1. The highest BCUT2D eigenvalue weighted by atomic mass is 32.2. The molecule has 4 aromatic heterocycles. The lowest BCUT2D eigenvalue weighted by Crippen LogP contribution is -2.45. The lowest BCUT2D eigenvalue weighted by molar-refractivity contribution is -0.00545. The van der Waals surface area contributed by atoms with Crippen LogP contribution in [0.4, 0.5) is 5.82 Å². The number of fused-ring (bicyclic) bond motifs is 1. The van der Waals surface area contributed by atoms with Crippen LogP contribution in [0.3, 0.4) is 0 Å². The van der Waals surface area contributed by atoms with Gasteiger partial charge in [0.25, 0.3) is 5.91 Å². The zero-order valence-corrected chi connectivity index (χ0v) is 24.0. The zero-order valence-electron chi connectivity index (χ0n) is 23.1. The molecule has 0 aliphatic carbocycles. The number of carbonyl (C=O) groups is 1. The van der Waals surface area contributed by atoms with E-state index < -0.39 is 15.7 Å². The molecule has 5 heterocycles. The van der Waals surface area contributed by atoms with Crippen LogP contribution in [0.15, 0.2) is 65.8 Å². The van der Waals surface area contributed by atoms with E-state index in [-0.39, 0.29) is 41.7 Å². The van der Waals surface area contributed by atoms with Gasteiger partial charge >= 0.3 is 0 Å². The normalized spacial score (nSPS) is 17.5. The molecule has 5 rings (SSSR count). The third-order valence-electron chi connectivity index (χ3n) is 6.68. The summed E-state index contributed by atoms with van der Waals surface area (Å²) < 4.78 is 35.6. The lowest BCUT2D eigenvalue weighted by atomic mass is 10.1. The van der Waals surface area contributed by atoms with Crippen LogP contribution in [0, 0.1) is 0 Å². The number of aromatic nitrogens is 4. The molecule has 1 N–H and O–H groups in total. The summed E-state index contributed by atoms with van der Waals surface area (Å²) in [4.78, 5) is 33.2. The van der Waals surface area contributed by atoms with Crippen LogP contribution in [-0.2, 0) is 25.9 Å². The summed E-state index contributed by atoms with van der Waals surface area (Å²) in [6, 6.07) is 14.2. The van der Waals surface area contributed by atoms with E-state index >= 15 is 0 Å². The molecule has 0 saturated carbocycles. The predicted molar refractivity (Wildman–Crippen MR) is 154 cm³/mol. The third-order valence-corrected chi connectivity index (χ3v) is 8.36. The Morgan fingerprint density at radius 1 is 1.05 bits per heavy atom. The first-order chi connectivity index (χ1) is 19.7. The Balaban J connectivity index is 1.31. The largest absolute Gasteiger partial charge is 0.384 e. The Morgan fingerprint density at radius 3 is 2.61 bits per heavy atom. The molecule has 1 saturated heterocycles. The van der Waals surface area contributed by atoms with Crippen molar-refractivity contribution in [1.29, 1.82) is 0 Å². The summed E-state index contributed by atoms with van der Waals surface area (Å²) in [5, 5.41) is 3.61. The minimum absolute atomic E-state index is 0.000274. The van der Waals surface area contributed by atoms with E-state index in [2.05, 4.69) is 34.0 Å². The van der Waals surface area contributed by atoms with E-state index in [1.165, 1.54) is 25.4 Å². The van der Waals surface area contributed by atoms with Crippen molar-refractivity contribution in [2.45, 2.75) is 37.5 Å². The quantitative estimate of drug-likeness (QED) is 0.317. The molecule has 12 heteroatoms. The first kappa shape index (κ1) is 28.5. The minimum atomic E-state index is -3.59. The van der Waals surface area contributed by atoms with E-state index in [1.54, 1.807) is 6.20 Å². The molecule has 2 atom stereocenters.